The molecule has 0 aromatic heterocycles. The standard InChI is InChI=1S/C17H15Cl2NO/c18-14-5-1-3-12(9-14)16(19)13-7-6-11-4-2-8-20-17(21)15(11)10-13/h1,3,5-7,9-10,16H,2,4,8H2,(H,20,21). The summed E-state index contributed by atoms with van der Waals surface area (Å²) < 4.78 is 0. The molecule has 1 heterocycles. The Kier molecular flexibility index (Phi) is 4.18. The first-order valence-electron chi connectivity index (χ1n) is 6.96. The van der Waals surface area contributed by atoms with Crippen molar-refractivity contribution in [3.05, 3.63) is 69.7 Å². The van der Waals surface area contributed by atoms with Gasteiger partial charge >= 0.3 is 0 Å². The molecule has 4 heteroatoms. The summed E-state index contributed by atoms with van der Waals surface area (Å²) in [5, 5.41) is 3.26. The summed E-state index contributed by atoms with van der Waals surface area (Å²) in [6.45, 7) is 0.724. The lowest BCUT2D eigenvalue weighted by Gasteiger charge is -2.13. The predicted molar refractivity (Wildman–Crippen MR) is 86.2 cm³/mol. The minimum Gasteiger partial charge on any atom is -0.352 e. The number of hydrogen-bond donors (Lipinski definition) is 1. The van der Waals surface area contributed by atoms with E-state index < -0.39 is 0 Å². The van der Waals surface area contributed by atoms with Gasteiger partial charge in [0.05, 0.1) is 5.38 Å². The molecule has 0 spiro atoms. The van der Waals surface area contributed by atoms with Crippen molar-refractivity contribution in [1.29, 1.82) is 0 Å². The Bertz CT molecular complexity index is 684. The second kappa shape index (κ2) is 6.08. The second-order valence-electron chi connectivity index (χ2n) is 5.19. The van der Waals surface area contributed by atoms with E-state index in [1.807, 2.05) is 42.5 Å². The van der Waals surface area contributed by atoms with E-state index in [4.69, 9.17) is 23.2 Å². The normalized spacial score (nSPS) is 15.8. The van der Waals surface area contributed by atoms with Crippen LogP contribution in [0.1, 0.15) is 38.8 Å². The van der Waals surface area contributed by atoms with Crippen molar-refractivity contribution in [2.45, 2.75) is 18.2 Å². The molecule has 1 amide bonds. The molecule has 108 valence electrons. The van der Waals surface area contributed by atoms with Gasteiger partial charge in [0.25, 0.3) is 5.91 Å². The molecule has 0 saturated carbocycles. The van der Waals surface area contributed by atoms with E-state index in [0.717, 1.165) is 41.6 Å². The third kappa shape index (κ3) is 3.07. The number of carbonyl (C=O) groups is 1. The van der Waals surface area contributed by atoms with Gasteiger partial charge in [-0.05, 0) is 47.7 Å². The molecule has 0 radical (unpaired) electrons. The largest absolute Gasteiger partial charge is 0.352 e. The van der Waals surface area contributed by atoms with E-state index >= 15 is 0 Å². The van der Waals surface area contributed by atoms with Crippen LogP contribution in [0.25, 0.3) is 0 Å². The van der Waals surface area contributed by atoms with Crippen LogP contribution >= 0.6 is 23.2 Å². The third-order valence-electron chi connectivity index (χ3n) is 3.72. The fourth-order valence-corrected chi connectivity index (χ4v) is 3.08. The van der Waals surface area contributed by atoms with Gasteiger partial charge in [0.15, 0.2) is 0 Å². The van der Waals surface area contributed by atoms with Crippen molar-refractivity contribution >= 4 is 29.1 Å². The average molecular weight is 320 g/mol. The van der Waals surface area contributed by atoms with Gasteiger partial charge in [-0.3, -0.25) is 4.79 Å². The molecule has 1 aliphatic rings. The van der Waals surface area contributed by atoms with Gasteiger partial charge in [0, 0.05) is 17.1 Å². The molecule has 0 saturated heterocycles. The molecular weight excluding hydrogens is 305 g/mol. The molecule has 0 fully saturated rings. The van der Waals surface area contributed by atoms with Gasteiger partial charge in [-0.2, -0.15) is 0 Å². The topological polar surface area (TPSA) is 29.1 Å². The Morgan fingerprint density at radius 2 is 1.90 bits per heavy atom. The van der Waals surface area contributed by atoms with Crippen LogP contribution in [-0.4, -0.2) is 12.5 Å². The lowest BCUT2D eigenvalue weighted by molar-refractivity contribution is 0.0956. The molecule has 0 bridgehead atoms. The number of benzene rings is 2. The quantitative estimate of drug-likeness (QED) is 0.819. The van der Waals surface area contributed by atoms with E-state index in [-0.39, 0.29) is 11.3 Å². The molecule has 2 nitrogen and oxygen atoms in total. The molecule has 2 aromatic rings. The van der Waals surface area contributed by atoms with E-state index in [1.54, 1.807) is 0 Å². The van der Waals surface area contributed by atoms with Gasteiger partial charge in [0.2, 0.25) is 0 Å². The Labute approximate surface area is 134 Å². The number of alkyl halides is 1. The third-order valence-corrected chi connectivity index (χ3v) is 4.46. The fourth-order valence-electron chi connectivity index (χ4n) is 2.61. The highest BCUT2D eigenvalue weighted by Gasteiger charge is 2.18. The van der Waals surface area contributed by atoms with Crippen LogP contribution in [0.15, 0.2) is 42.5 Å². The summed E-state index contributed by atoms with van der Waals surface area (Å²) >= 11 is 12.6. The Hall–Kier alpha value is -1.51. The monoisotopic (exact) mass is 319 g/mol. The highest BCUT2D eigenvalue weighted by molar-refractivity contribution is 6.30. The van der Waals surface area contributed by atoms with Crippen LogP contribution < -0.4 is 5.32 Å². The minimum absolute atomic E-state index is 0.0145. The van der Waals surface area contributed by atoms with E-state index in [9.17, 15) is 4.79 Å². The summed E-state index contributed by atoms with van der Waals surface area (Å²) in [5.74, 6) is -0.0145. The zero-order valence-electron chi connectivity index (χ0n) is 11.4. The van der Waals surface area contributed by atoms with Gasteiger partial charge in [-0.15, -0.1) is 11.6 Å². The summed E-state index contributed by atoms with van der Waals surface area (Å²) in [4.78, 5) is 12.1. The first kappa shape index (κ1) is 14.4. The minimum atomic E-state index is -0.315. The molecular formula is C17H15Cl2NO. The number of rotatable bonds is 2. The first-order valence-corrected chi connectivity index (χ1v) is 7.77. The zero-order valence-corrected chi connectivity index (χ0v) is 12.9. The number of nitrogens with one attached hydrogen (secondary N) is 1. The van der Waals surface area contributed by atoms with Crippen molar-refractivity contribution < 1.29 is 4.79 Å². The van der Waals surface area contributed by atoms with Crippen molar-refractivity contribution in [2.24, 2.45) is 0 Å². The highest BCUT2D eigenvalue weighted by Crippen LogP contribution is 2.31. The summed E-state index contributed by atoms with van der Waals surface area (Å²) in [5.41, 5.74) is 3.66. The summed E-state index contributed by atoms with van der Waals surface area (Å²) in [7, 11) is 0. The van der Waals surface area contributed by atoms with Crippen LogP contribution in [-0.2, 0) is 6.42 Å². The van der Waals surface area contributed by atoms with E-state index in [2.05, 4.69) is 5.32 Å². The lowest BCUT2D eigenvalue weighted by atomic mass is 9.97. The van der Waals surface area contributed by atoms with Crippen LogP contribution in [0.5, 0.6) is 0 Å². The highest BCUT2D eigenvalue weighted by atomic mass is 35.5. The smallest absolute Gasteiger partial charge is 0.251 e. The number of carbonyl (C=O) groups excluding carboxylic acids is 1. The molecule has 21 heavy (non-hydrogen) atoms. The second-order valence-corrected chi connectivity index (χ2v) is 6.07. The van der Waals surface area contributed by atoms with Crippen molar-refractivity contribution in [1.82, 2.24) is 5.32 Å². The molecule has 0 aliphatic carbocycles. The van der Waals surface area contributed by atoms with Gasteiger partial charge < -0.3 is 5.32 Å². The average Bonchev–Trinajstić information content (AvgIpc) is 2.68. The molecule has 1 aliphatic heterocycles. The van der Waals surface area contributed by atoms with Gasteiger partial charge in [-0.1, -0.05) is 35.9 Å². The molecule has 1 N–H and O–H groups in total. The van der Waals surface area contributed by atoms with Crippen LogP contribution in [0.2, 0.25) is 5.02 Å². The number of amides is 1. The zero-order chi connectivity index (χ0) is 14.8. The van der Waals surface area contributed by atoms with Crippen LogP contribution in [0.4, 0.5) is 0 Å². The Balaban J connectivity index is 1.98. The van der Waals surface area contributed by atoms with Gasteiger partial charge in [-0.25, -0.2) is 0 Å². The number of hydrogen-bond acceptors (Lipinski definition) is 1. The first-order chi connectivity index (χ1) is 10.1. The maximum atomic E-state index is 12.1. The summed E-state index contributed by atoms with van der Waals surface area (Å²) in [6, 6.07) is 13.4. The van der Waals surface area contributed by atoms with Gasteiger partial charge in [0.1, 0.15) is 0 Å². The summed E-state index contributed by atoms with van der Waals surface area (Å²) in [6.07, 6.45) is 1.88. The molecule has 1 unspecified atom stereocenters. The predicted octanol–water partition coefficient (Wildman–Crippen LogP) is 4.34. The fraction of sp³-hybridized carbons (Fsp3) is 0.235. The van der Waals surface area contributed by atoms with Crippen molar-refractivity contribution in [3.63, 3.8) is 0 Å². The van der Waals surface area contributed by atoms with Crippen molar-refractivity contribution in [3.8, 4) is 0 Å². The molecule has 2 aromatic carbocycles. The van der Waals surface area contributed by atoms with Crippen molar-refractivity contribution in [2.75, 3.05) is 6.54 Å². The SMILES string of the molecule is O=C1NCCCc2ccc(C(Cl)c3cccc(Cl)c3)cc21. The number of aryl methyl sites for hydroxylation is 1. The van der Waals surface area contributed by atoms with Crippen LogP contribution in [0.3, 0.4) is 0 Å². The maximum absolute atomic E-state index is 12.1. The molecule has 1 atom stereocenters. The lowest BCUT2D eigenvalue weighted by Crippen LogP contribution is -2.22. The van der Waals surface area contributed by atoms with E-state index in [0.29, 0.717) is 5.02 Å². The molecule has 3 rings (SSSR count). The number of halogens is 2. The Morgan fingerprint density at radius 3 is 2.71 bits per heavy atom. The van der Waals surface area contributed by atoms with Crippen LogP contribution in [0, 0.1) is 0 Å². The van der Waals surface area contributed by atoms with E-state index in [1.165, 1.54) is 0 Å². The maximum Gasteiger partial charge on any atom is 0.251 e. The Morgan fingerprint density at radius 1 is 1.10 bits per heavy atom. The number of fused-ring (bicyclic) bond motifs is 1.